The maximum absolute atomic E-state index is 12.5. The van der Waals surface area contributed by atoms with Crippen molar-refractivity contribution < 1.29 is 14.3 Å². The van der Waals surface area contributed by atoms with Gasteiger partial charge in [-0.1, -0.05) is 18.2 Å². The summed E-state index contributed by atoms with van der Waals surface area (Å²) in [6.07, 6.45) is 0. The Morgan fingerprint density at radius 2 is 1.93 bits per heavy atom. The lowest BCUT2D eigenvalue weighted by Gasteiger charge is -2.10. The highest BCUT2D eigenvalue weighted by Crippen LogP contribution is 2.17. The van der Waals surface area contributed by atoms with Gasteiger partial charge in [0.1, 0.15) is 5.75 Å². The van der Waals surface area contributed by atoms with E-state index < -0.39 is 11.2 Å². The Kier molecular flexibility index (Phi) is 5.90. The number of rotatable bonds is 7. The van der Waals surface area contributed by atoms with Gasteiger partial charge in [0.15, 0.2) is 0 Å². The van der Waals surface area contributed by atoms with Gasteiger partial charge in [-0.15, -0.1) is 0 Å². The fourth-order valence-electron chi connectivity index (χ4n) is 2.91. The summed E-state index contributed by atoms with van der Waals surface area (Å²) >= 11 is 0. The number of methoxy groups -OCH3 is 2. The molecule has 0 spiro atoms. The van der Waals surface area contributed by atoms with Gasteiger partial charge in [-0.2, -0.15) is 0 Å². The molecule has 0 aliphatic rings. The highest BCUT2D eigenvalue weighted by Gasteiger charge is 2.12. The Labute approximate surface area is 160 Å². The number of amides is 1. The van der Waals surface area contributed by atoms with Crippen LogP contribution in [0.1, 0.15) is 15.9 Å². The maximum Gasteiger partial charge on any atom is 0.328 e. The van der Waals surface area contributed by atoms with Crippen molar-refractivity contribution in [3.8, 4) is 5.75 Å². The molecule has 3 aromatic rings. The van der Waals surface area contributed by atoms with E-state index in [0.717, 1.165) is 10.1 Å². The second kappa shape index (κ2) is 8.53. The number of hydrogen-bond acceptors (Lipinski definition) is 5. The first-order valence-corrected chi connectivity index (χ1v) is 8.71. The van der Waals surface area contributed by atoms with Crippen LogP contribution >= 0.6 is 0 Å². The van der Waals surface area contributed by atoms with E-state index in [4.69, 9.17) is 9.47 Å². The SMILES string of the molecule is COCCn1c(=O)[nH]c2cc(C(=O)NCc3ccccc3OC)ccc2c1=O. The van der Waals surface area contributed by atoms with Gasteiger partial charge in [0.25, 0.3) is 11.5 Å². The number of nitrogens with one attached hydrogen (secondary N) is 2. The number of aromatic nitrogens is 2. The molecule has 0 unspecified atom stereocenters. The molecule has 2 aromatic carbocycles. The van der Waals surface area contributed by atoms with Crippen molar-refractivity contribution in [2.75, 3.05) is 20.8 Å². The van der Waals surface area contributed by atoms with Crippen LogP contribution in [0.3, 0.4) is 0 Å². The molecule has 8 heteroatoms. The molecule has 0 radical (unpaired) electrons. The molecule has 0 aliphatic heterocycles. The number of ether oxygens (including phenoxy) is 2. The topological polar surface area (TPSA) is 102 Å². The summed E-state index contributed by atoms with van der Waals surface area (Å²) in [5.41, 5.74) is 0.534. The monoisotopic (exact) mass is 383 g/mol. The van der Waals surface area contributed by atoms with Crippen molar-refractivity contribution in [1.29, 1.82) is 0 Å². The molecule has 0 bridgehead atoms. The molecular formula is C20H21N3O5. The van der Waals surface area contributed by atoms with E-state index in [0.29, 0.717) is 22.2 Å². The quantitative estimate of drug-likeness (QED) is 0.640. The Hall–Kier alpha value is -3.39. The molecule has 0 fully saturated rings. The number of hydrogen-bond donors (Lipinski definition) is 2. The van der Waals surface area contributed by atoms with E-state index in [2.05, 4.69) is 10.3 Å². The molecule has 146 valence electrons. The number of fused-ring (bicyclic) bond motifs is 1. The normalized spacial score (nSPS) is 10.8. The Morgan fingerprint density at radius 3 is 2.68 bits per heavy atom. The molecule has 3 rings (SSSR count). The molecule has 28 heavy (non-hydrogen) atoms. The lowest BCUT2D eigenvalue weighted by Crippen LogP contribution is -2.36. The standard InChI is InChI=1S/C20H21N3O5/c1-27-10-9-23-19(25)15-8-7-13(11-16(15)22-20(23)26)18(24)21-12-14-5-3-4-6-17(14)28-2/h3-8,11H,9-10,12H2,1-2H3,(H,21,24)(H,22,26). The average Bonchev–Trinajstić information content (AvgIpc) is 2.71. The predicted octanol–water partition coefficient (Wildman–Crippen LogP) is 1.27. The molecule has 0 aliphatic carbocycles. The molecule has 0 saturated carbocycles. The summed E-state index contributed by atoms with van der Waals surface area (Å²) in [6, 6.07) is 12.0. The van der Waals surface area contributed by atoms with Crippen molar-refractivity contribution in [1.82, 2.24) is 14.9 Å². The summed E-state index contributed by atoms with van der Waals surface area (Å²) in [7, 11) is 3.07. The summed E-state index contributed by atoms with van der Waals surface area (Å²) in [6.45, 7) is 0.690. The number of carbonyl (C=O) groups is 1. The molecule has 0 atom stereocenters. The summed E-state index contributed by atoms with van der Waals surface area (Å²) in [4.78, 5) is 39.8. The zero-order valence-corrected chi connectivity index (χ0v) is 15.7. The third-order valence-corrected chi connectivity index (χ3v) is 4.40. The molecule has 1 aromatic heterocycles. The molecule has 0 saturated heterocycles. The van der Waals surface area contributed by atoms with E-state index in [1.165, 1.54) is 19.2 Å². The number of benzene rings is 2. The fraction of sp³-hybridized carbons (Fsp3) is 0.250. The van der Waals surface area contributed by atoms with E-state index in [1.807, 2.05) is 24.3 Å². The largest absolute Gasteiger partial charge is 0.496 e. The first kappa shape index (κ1) is 19.4. The van der Waals surface area contributed by atoms with Gasteiger partial charge in [0, 0.05) is 24.8 Å². The Bertz CT molecular complexity index is 1120. The van der Waals surface area contributed by atoms with Gasteiger partial charge in [0.2, 0.25) is 0 Å². The number of aromatic amines is 1. The van der Waals surface area contributed by atoms with Gasteiger partial charge in [-0.3, -0.25) is 14.2 Å². The highest BCUT2D eigenvalue weighted by molar-refractivity contribution is 5.97. The first-order chi connectivity index (χ1) is 13.5. The van der Waals surface area contributed by atoms with E-state index in [-0.39, 0.29) is 25.6 Å². The smallest absolute Gasteiger partial charge is 0.328 e. The van der Waals surface area contributed by atoms with Crippen LogP contribution in [0.25, 0.3) is 10.9 Å². The molecule has 1 heterocycles. The van der Waals surface area contributed by atoms with Crippen LogP contribution in [0.4, 0.5) is 0 Å². The molecule has 1 amide bonds. The average molecular weight is 383 g/mol. The number of para-hydroxylation sites is 1. The summed E-state index contributed by atoms with van der Waals surface area (Å²) < 4.78 is 11.3. The van der Waals surface area contributed by atoms with Crippen LogP contribution in [0.5, 0.6) is 5.75 Å². The van der Waals surface area contributed by atoms with Crippen LogP contribution in [0.2, 0.25) is 0 Å². The lowest BCUT2D eigenvalue weighted by atomic mass is 10.1. The minimum absolute atomic E-state index is 0.155. The van der Waals surface area contributed by atoms with Gasteiger partial charge >= 0.3 is 5.69 Å². The van der Waals surface area contributed by atoms with Crippen molar-refractivity contribution in [2.24, 2.45) is 0 Å². The fourth-order valence-corrected chi connectivity index (χ4v) is 2.91. The van der Waals surface area contributed by atoms with Gasteiger partial charge in [-0.05, 0) is 24.3 Å². The zero-order valence-electron chi connectivity index (χ0n) is 15.7. The van der Waals surface area contributed by atoms with Crippen molar-refractivity contribution in [3.63, 3.8) is 0 Å². The summed E-state index contributed by atoms with van der Waals surface area (Å²) in [5, 5.41) is 3.14. The lowest BCUT2D eigenvalue weighted by molar-refractivity contribution is 0.0951. The second-order valence-electron chi connectivity index (χ2n) is 6.13. The minimum atomic E-state index is -0.541. The minimum Gasteiger partial charge on any atom is -0.496 e. The van der Waals surface area contributed by atoms with Crippen molar-refractivity contribution >= 4 is 16.8 Å². The van der Waals surface area contributed by atoms with Gasteiger partial charge < -0.3 is 19.8 Å². The molecule has 8 nitrogen and oxygen atoms in total. The van der Waals surface area contributed by atoms with E-state index in [9.17, 15) is 14.4 Å². The van der Waals surface area contributed by atoms with Crippen LogP contribution in [-0.4, -0.2) is 36.3 Å². The highest BCUT2D eigenvalue weighted by atomic mass is 16.5. The zero-order chi connectivity index (χ0) is 20.1. The van der Waals surface area contributed by atoms with Crippen LogP contribution in [0.15, 0.2) is 52.1 Å². The second-order valence-corrected chi connectivity index (χ2v) is 6.13. The van der Waals surface area contributed by atoms with E-state index in [1.54, 1.807) is 13.2 Å². The number of nitrogens with zero attached hydrogens (tertiary/aromatic N) is 1. The van der Waals surface area contributed by atoms with Crippen LogP contribution < -0.4 is 21.3 Å². The first-order valence-electron chi connectivity index (χ1n) is 8.71. The third kappa shape index (κ3) is 3.96. The Balaban J connectivity index is 1.84. The predicted molar refractivity (Wildman–Crippen MR) is 105 cm³/mol. The summed E-state index contributed by atoms with van der Waals surface area (Å²) in [5.74, 6) is 0.361. The third-order valence-electron chi connectivity index (χ3n) is 4.40. The van der Waals surface area contributed by atoms with Crippen LogP contribution in [0, 0.1) is 0 Å². The van der Waals surface area contributed by atoms with Gasteiger partial charge in [0.05, 0.1) is 31.2 Å². The maximum atomic E-state index is 12.5. The Morgan fingerprint density at radius 1 is 1.14 bits per heavy atom. The van der Waals surface area contributed by atoms with Crippen molar-refractivity contribution in [3.05, 3.63) is 74.4 Å². The number of H-pyrrole nitrogens is 1. The van der Waals surface area contributed by atoms with Crippen LogP contribution in [-0.2, 0) is 17.8 Å². The van der Waals surface area contributed by atoms with E-state index >= 15 is 0 Å². The molecule has 2 N–H and O–H groups in total. The molecular weight excluding hydrogens is 362 g/mol. The van der Waals surface area contributed by atoms with Crippen molar-refractivity contribution in [2.45, 2.75) is 13.1 Å². The number of carbonyl (C=O) groups excluding carboxylic acids is 1. The van der Waals surface area contributed by atoms with Gasteiger partial charge in [-0.25, -0.2) is 4.79 Å².